The molecule has 0 aromatic heterocycles. The van der Waals surface area contributed by atoms with Crippen LogP contribution in [0.15, 0.2) is 212 Å². The molecule has 0 N–H and O–H groups in total. The summed E-state index contributed by atoms with van der Waals surface area (Å²) in [6.45, 7) is 16.1. The van der Waals surface area contributed by atoms with Gasteiger partial charge in [0.2, 0.25) is 0 Å². The SMILES string of the molecule is C=CC1=C(/C=C\C)C(C2=CCCC=C2)(c2ccccc2)c2cc(N(c3ccc(-c4ccccc4)cc3)c3ccc4c(c3)-c3cc5c(cc3C4(C)C)-c3ccccc3C5(C)C)ccc21. The summed E-state index contributed by atoms with van der Waals surface area (Å²) in [6, 6.07) is 59.4. The number of fused-ring (bicyclic) bond motifs is 7. The van der Waals surface area contributed by atoms with Gasteiger partial charge in [0, 0.05) is 27.9 Å². The van der Waals surface area contributed by atoms with Crippen molar-refractivity contribution in [2.75, 3.05) is 4.90 Å². The topological polar surface area (TPSA) is 3.24 Å². The molecule has 7 aromatic rings. The third kappa shape index (κ3) is 5.68. The van der Waals surface area contributed by atoms with Crippen molar-refractivity contribution in [3.8, 4) is 33.4 Å². The largest absolute Gasteiger partial charge is 0.310 e. The monoisotopic (exact) mass is 811 g/mol. The fourth-order valence-corrected chi connectivity index (χ4v) is 11.6. The highest BCUT2D eigenvalue weighted by Crippen LogP contribution is 2.59. The number of rotatable bonds is 8. The molecule has 0 aliphatic heterocycles. The molecule has 4 aliphatic carbocycles. The number of hydrogen-bond acceptors (Lipinski definition) is 1. The number of allylic oxidation sites excluding steroid dienone is 9. The molecule has 1 heteroatoms. The van der Waals surface area contributed by atoms with Gasteiger partial charge in [0.25, 0.3) is 0 Å². The van der Waals surface area contributed by atoms with Crippen LogP contribution in [-0.2, 0) is 16.2 Å². The normalized spacial score (nSPS) is 18.4. The zero-order chi connectivity index (χ0) is 43.1. The van der Waals surface area contributed by atoms with Gasteiger partial charge in [-0.25, -0.2) is 0 Å². The molecule has 0 radical (unpaired) electrons. The molecule has 0 bridgehead atoms. The average molecular weight is 812 g/mol. The number of nitrogens with zero attached hydrogens (tertiary/aromatic N) is 1. The number of hydrogen-bond donors (Lipinski definition) is 0. The van der Waals surface area contributed by atoms with Crippen molar-refractivity contribution in [1.82, 2.24) is 0 Å². The van der Waals surface area contributed by atoms with E-state index in [1.165, 1.54) is 89.0 Å². The predicted molar refractivity (Wildman–Crippen MR) is 267 cm³/mol. The zero-order valence-corrected chi connectivity index (χ0v) is 37.0. The first kappa shape index (κ1) is 38.9. The maximum Gasteiger partial charge on any atom is 0.0711 e. The molecular weight excluding hydrogens is 759 g/mol. The van der Waals surface area contributed by atoms with Crippen molar-refractivity contribution in [3.63, 3.8) is 0 Å². The van der Waals surface area contributed by atoms with Crippen LogP contribution < -0.4 is 4.90 Å². The first-order chi connectivity index (χ1) is 30.7. The van der Waals surface area contributed by atoms with E-state index in [-0.39, 0.29) is 10.8 Å². The lowest BCUT2D eigenvalue weighted by molar-refractivity contribution is 0.652. The highest BCUT2D eigenvalue weighted by molar-refractivity contribution is 5.95. The second-order valence-electron chi connectivity index (χ2n) is 18.7. The Morgan fingerprint density at radius 3 is 1.78 bits per heavy atom. The lowest BCUT2D eigenvalue weighted by Crippen LogP contribution is -2.30. The second kappa shape index (κ2) is 14.6. The highest BCUT2D eigenvalue weighted by Gasteiger charge is 2.48. The molecule has 0 spiro atoms. The second-order valence-corrected chi connectivity index (χ2v) is 18.7. The van der Waals surface area contributed by atoms with Crippen LogP contribution in [0.25, 0.3) is 39.0 Å². The maximum atomic E-state index is 4.43. The molecule has 1 atom stereocenters. The van der Waals surface area contributed by atoms with Gasteiger partial charge in [0.05, 0.1) is 5.41 Å². The van der Waals surface area contributed by atoms with Crippen LogP contribution in [0.4, 0.5) is 17.1 Å². The molecular formula is C62H53N. The van der Waals surface area contributed by atoms with Crippen molar-refractivity contribution in [2.45, 2.75) is 63.7 Å². The number of benzene rings is 7. The minimum atomic E-state index is -0.520. The Morgan fingerprint density at radius 1 is 0.508 bits per heavy atom. The van der Waals surface area contributed by atoms with Crippen LogP contribution in [0.3, 0.4) is 0 Å². The van der Waals surface area contributed by atoms with E-state index in [4.69, 9.17) is 0 Å². The molecule has 0 heterocycles. The van der Waals surface area contributed by atoms with E-state index in [2.05, 4.69) is 240 Å². The lowest BCUT2D eigenvalue weighted by atomic mass is 9.65. The van der Waals surface area contributed by atoms with Crippen LogP contribution in [0.1, 0.15) is 86.4 Å². The van der Waals surface area contributed by atoms with E-state index in [1.807, 2.05) is 0 Å². The van der Waals surface area contributed by atoms with Crippen molar-refractivity contribution in [2.24, 2.45) is 0 Å². The van der Waals surface area contributed by atoms with Crippen LogP contribution >= 0.6 is 0 Å². The Kier molecular flexibility index (Phi) is 9.00. The summed E-state index contributed by atoms with van der Waals surface area (Å²) >= 11 is 0. The van der Waals surface area contributed by atoms with Crippen LogP contribution in [-0.4, -0.2) is 0 Å². The van der Waals surface area contributed by atoms with Gasteiger partial charge in [0.1, 0.15) is 0 Å². The smallest absolute Gasteiger partial charge is 0.0711 e. The van der Waals surface area contributed by atoms with Gasteiger partial charge in [-0.05, 0) is 157 Å². The highest BCUT2D eigenvalue weighted by atomic mass is 15.1. The Hall–Kier alpha value is -6.96. The summed E-state index contributed by atoms with van der Waals surface area (Å²) in [6.07, 6.45) is 15.8. The van der Waals surface area contributed by atoms with Crippen molar-refractivity contribution in [3.05, 3.63) is 251 Å². The first-order valence-corrected chi connectivity index (χ1v) is 22.6. The Balaban J connectivity index is 1.14. The molecule has 0 saturated heterocycles. The van der Waals surface area contributed by atoms with Gasteiger partial charge in [0.15, 0.2) is 0 Å². The third-order valence-electron chi connectivity index (χ3n) is 14.7. The molecule has 1 nitrogen and oxygen atoms in total. The molecule has 7 aromatic carbocycles. The molecule has 4 aliphatic rings. The van der Waals surface area contributed by atoms with Crippen molar-refractivity contribution >= 4 is 22.6 Å². The van der Waals surface area contributed by atoms with Gasteiger partial charge in [-0.2, -0.15) is 0 Å². The molecule has 63 heavy (non-hydrogen) atoms. The predicted octanol–water partition coefficient (Wildman–Crippen LogP) is 16.5. The quantitative estimate of drug-likeness (QED) is 0.148. The third-order valence-corrected chi connectivity index (χ3v) is 14.7. The summed E-state index contributed by atoms with van der Waals surface area (Å²) in [5.41, 5.74) is 23.6. The molecule has 0 saturated carbocycles. The van der Waals surface area contributed by atoms with Gasteiger partial charge >= 0.3 is 0 Å². The minimum absolute atomic E-state index is 0.0826. The van der Waals surface area contributed by atoms with Crippen LogP contribution in [0.5, 0.6) is 0 Å². The van der Waals surface area contributed by atoms with E-state index in [0.29, 0.717) is 0 Å². The summed E-state index contributed by atoms with van der Waals surface area (Å²) in [5, 5.41) is 0. The molecule has 1 unspecified atom stereocenters. The van der Waals surface area contributed by atoms with E-state index < -0.39 is 5.41 Å². The average Bonchev–Trinajstić information content (AvgIpc) is 3.83. The molecule has 11 rings (SSSR count). The molecule has 0 fully saturated rings. The zero-order valence-electron chi connectivity index (χ0n) is 37.0. The first-order valence-electron chi connectivity index (χ1n) is 22.6. The van der Waals surface area contributed by atoms with E-state index >= 15 is 0 Å². The fourth-order valence-electron chi connectivity index (χ4n) is 11.6. The van der Waals surface area contributed by atoms with Gasteiger partial charge in [-0.3, -0.25) is 0 Å². The van der Waals surface area contributed by atoms with E-state index in [9.17, 15) is 0 Å². The molecule has 0 amide bonds. The lowest BCUT2D eigenvalue weighted by Gasteiger charge is -2.37. The van der Waals surface area contributed by atoms with E-state index in [1.54, 1.807) is 0 Å². The van der Waals surface area contributed by atoms with Crippen LogP contribution in [0, 0.1) is 0 Å². The van der Waals surface area contributed by atoms with E-state index in [0.717, 1.165) is 29.9 Å². The summed E-state index contributed by atoms with van der Waals surface area (Å²) in [5.74, 6) is 0. The Bertz CT molecular complexity index is 3110. The van der Waals surface area contributed by atoms with Crippen molar-refractivity contribution < 1.29 is 0 Å². The Labute approximate surface area is 373 Å². The summed E-state index contributed by atoms with van der Waals surface area (Å²) < 4.78 is 0. The summed E-state index contributed by atoms with van der Waals surface area (Å²) in [7, 11) is 0. The van der Waals surface area contributed by atoms with Crippen LogP contribution in [0.2, 0.25) is 0 Å². The van der Waals surface area contributed by atoms with Gasteiger partial charge < -0.3 is 4.90 Å². The Morgan fingerprint density at radius 2 is 1.10 bits per heavy atom. The minimum Gasteiger partial charge on any atom is -0.310 e. The van der Waals surface area contributed by atoms with Crippen molar-refractivity contribution in [1.29, 1.82) is 0 Å². The van der Waals surface area contributed by atoms with Gasteiger partial charge in [-0.15, -0.1) is 0 Å². The summed E-state index contributed by atoms with van der Waals surface area (Å²) in [4.78, 5) is 2.48. The fraction of sp³-hybridized carbons (Fsp3) is 0.161. The standard InChI is InChI=1S/C62H53N/c1-7-20-56-48(8-2)50-35-33-47(38-59(50)62(56,43-23-14-10-15-24-43)44-25-16-11-17-26-44)63(45-31-29-42(30-32-45)41-21-12-9-13-22-41)46-34-36-55-51(37-46)53-40-57-52(39-58(53)61(55,5)6)49-27-18-19-28-54(49)60(57,3)4/h7-10,12-16,18-40H,2,11,17H2,1,3-6H3/b20-7-. The van der Waals surface area contributed by atoms with Gasteiger partial charge in [-0.1, -0.05) is 180 Å². The number of anilines is 3. The maximum absolute atomic E-state index is 4.43. The molecule has 306 valence electrons.